The molecule has 0 aliphatic heterocycles. The Morgan fingerprint density at radius 2 is 2.13 bits per heavy atom. The lowest BCUT2D eigenvalue weighted by atomic mass is 10.1. The zero-order valence-electron chi connectivity index (χ0n) is 9.52. The van der Waals surface area contributed by atoms with Crippen LogP contribution in [0.2, 0.25) is 0 Å². The van der Waals surface area contributed by atoms with Crippen molar-refractivity contribution in [1.82, 2.24) is 20.2 Å². The van der Waals surface area contributed by atoms with Gasteiger partial charge in [-0.05, 0) is 26.0 Å². The maximum atomic E-state index is 10.5. The average Bonchev–Trinajstić information content (AvgIpc) is 2.51. The summed E-state index contributed by atoms with van der Waals surface area (Å²) in [6, 6.07) is 0. The molecule has 1 aromatic rings. The van der Waals surface area contributed by atoms with Gasteiger partial charge in [0.2, 0.25) is 0 Å². The number of carbonyl (C=O) groups is 1. The molecular weight excluding hydrogens is 196 g/mol. The second-order valence-corrected chi connectivity index (χ2v) is 4.26. The first kappa shape index (κ1) is 11.6. The summed E-state index contributed by atoms with van der Waals surface area (Å²) in [6.07, 6.45) is 0.496. The van der Waals surface area contributed by atoms with Gasteiger partial charge in [-0.3, -0.25) is 4.79 Å². The predicted molar refractivity (Wildman–Crippen MR) is 53.2 cm³/mol. The molecule has 0 amide bonds. The van der Waals surface area contributed by atoms with E-state index in [1.165, 1.54) is 6.92 Å². The first-order valence-electron chi connectivity index (χ1n) is 4.82. The first-order chi connectivity index (χ1) is 6.89. The molecule has 0 saturated heterocycles. The standard InChI is InChI=1S/C9H16N4O2/c1-7(14)15-6-5-8-10-12-13(11-8)9(2,3)4/h5-6H2,1-4H3. The van der Waals surface area contributed by atoms with Crippen LogP contribution in [-0.4, -0.2) is 32.8 Å². The van der Waals surface area contributed by atoms with Crippen LogP contribution in [0.5, 0.6) is 0 Å². The lowest BCUT2D eigenvalue weighted by Gasteiger charge is -2.15. The molecule has 0 saturated carbocycles. The molecule has 0 radical (unpaired) electrons. The van der Waals surface area contributed by atoms with Crippen LogP contribution in [0.3, 0.4) is 0 Å². The van der Waals surface area contributed by atoms with Crippen molar-refractivity contribution in [1.29, 1.82) is 0 Å². The Hall–Kier alpha value is -1.46. The van der Waals surface area contributed by atoms with Gasteiger partial charge in [-0.25, -0.2) is 0 Å². The molecule has 0 aliphatic carbocycles. The molecule has 0 bridgehead atoms. The normalized spacial score (nSPS) is 11.5. The topological polar surface area (TPSA) is 69.9 Å². The van der Waals surface area contributed by atoms with E-state index < -0.39 is 0 Å². The lowest BCUT2D eigenvalue weighted by molar-refractivity contribution is -0.140. The third-order valence-electron chi connectivity index (χ3n) is 1.69. The van der Waals surface area contributed by atoms with Gasteiger partial charge >= 0.3 is 5.97 Å². The van der Waals surface area contributed by atoms with Crippen LogP contribution in [0, 0.1) is 0 Å². The SMILES string of the molecule is CC(=O)OCCc1nnn(C(C)(C)C)n1. The average molecular weight is 212 g/mol. The summed E-state index contributed by atoms with van der Waals surface area (Å²) in [7, 11) is 0. The number of rotatable bonds is 3. The van der Waals surface area contributed by atoms with Crippen LogP contribution in [0.25, 0.3) is 0 Å². The van der Waals surface area contributed by atoms with Crippen LogP contribution < -0.4 is 0 Å². The Balaban J connectivity index is 2.50. The van der Waals surface area contributed by atoms with Crippen molar-refractivity contribution < 1.29 is 9.53 Å². The van der Waals surface area contributed by atoms with Crippen molar-refractivity contribution >= 4 is 5.97 Å². The van der Waals surface area contributed by atoms with E-state index in [-0.39, 0.29) is 11.5 Å². The Morgan fingerprint density at radius 3 is 2.60 bits per heavy atom. The second-order valence-electron chi connectivity index (χ2n) is 4.26. The van der Waals surface area contributed by atoms with Gasteiger partial charge in [0, 0.05) is 13.3 Å². The van der Waals surface area contributed by atoms with Crippen molar-refractivity contribution in [3.05, 3.63) is 5.82 Å². The van der Waals surface area contributed by atoms with Crippen molar-refractivity contribution in [3.8, 4) is 0 Å². The van der Waals surface area contributed by atoms with Crippen molar-refractivity contribution in [3.63, 3.8) is 0 Å². The predicted octanol–water partition coefficient (Wildman–Crippen LogP) is 0.534. The Kier molecular flexibility index (Phi) is 3.39. The summed E-state index contributed by atoms with van der Waals surface area (Å²) in [5.74, 6) is 0.296. The van der Waals surface area contributed by atoms with Crippen LogP contribution in [0.15, 0.2) is 0 Å². The molecule has 15 heavy (non-hydrogen) atoms. The molecule has 6 nitrogen and oxygen atoms in total. The van der Waals surface area contributed by atoms with Gasteiger partial charge in [0.05, 0.1) is 12.1 Å². The fourth-order valence-electron chi connectivity index (χ4n) is 0.914. The fourth-order valence-corrected chi connectivity index (χ4v) is 0.914. The van der Waals surface area contributed by atoms with Crippen LogP contribution in [0.1, 0.15) is 33.5 Å². The molecule has 84 valence electrons. The summed E-state index contributed by atoms with van der Waals surface area (Å²) in [6.45, 7) is 7.64. The molecule has 0 aromatic carbocycles. The van der Waals surface area contributed by atoms with Crippen LogP contribution in [-0.2, 0) is 21.5 Å². The molecule has 0 N–H and O–H groups in total. The maximum Gasteiger partial charge on any atom is 0.302 e. The summed E-state index contributed by atoms with van der Waals surface area (Å²) >= 11 is 0. The van der Waals surface area contributed by atoms with E-state index in [9.17, 15) is 4.79 Å². The highest BCUT2D eigenvalue weighted by Gasteiger charge is 2.16. The first-order valence-corrected chi connectivity index (χ1v) is 4.82. The summed E-state index contributed by atoms with van der Waals surface area (Å²) in [5, 5.41) is 12.0. The largest absolute Gasteiger partial charge is 0.465 e. The smallest absolute Gasteiger partial charge is 0.302 e. The van der Waals surface area contributed by atoms with Gasteiger partial charge in [0.1, 0.15) is 0 Å². The maximum absolute atomic E-state index is 10.5. The lowest BCUT2D eigenvalue weighted by Crippen LogP contribution is -2.24. The van der Waals surface area contributed by atoms with Gasteiger partial charge < -0.3 is 4.74 Å². The van der Waals surface area contributed by atoms with E-state index in [1.54, 1.807) is 4.80 Å². The molecule has 0 spiro atoms. The molecule has 0 fully saturated rings. The van der Waals surface area contributed by atoms with Crippen molar-refractivity contribution in [2.45, 2.75) is 39.7 Å². The van der Waals surface area contributed by atoms with E-state index in [0.717, 1.165) is 0 Å². The molecule has 1 aromatic heterocycles. The highest BCUT2D eigenvalue weighted by Crippen LogP contribution is 2.09. The number of nitrogens with zero attached hydrogens (tertiary/aromatic N) is 4. The highest BCUT2D eigenvalue weighted by molar-refractivity contribution is 5.65. The molecule has 1 heterocycles. The number of hydrogen-bond acceptors (Lipinski definition) is 5. The number of aromatic nitrogens is 4. The summed E-state index contributed by atoms with van der Waals surface area (Å²) in [5.41, 5.74) is -0.174. The zero-order valence-corrected chi connectivity index (χ0v) is 9.52. The van der Waals surface area contributed by atoms with Gasteiger partial charge in [-0.15, -0.1) is 10.2 Å². The zero-order chi connectivity index (χ0) is 11.5. The number of hydrogen-bond donors (Lipinski definition) is 0. The second kappa shape index (κ2) is 4.37. The molecule has 6 heteroatoms. The fraction of sp³-hybridized carbons (Fsp3) is 0.778. The Morgan fingerprint density at radius 1 is 1.47 bits per heavy atom. The third-order valence-corrected chi connectivity index (χ3v) is 1.69. The molecule has 0 aliphatic rings. The molecule has 0 atom stereocenters. The summed E-state index contributed by atoms with van der Waals surface area (Å²) < 4.78 is 4.78. The number of carbonyl (C=O) groups excluding carboxylic acids is 1. The van der Waals surface area contributed by atoms with Crippen molar-refractivity contribution in [2.75, 3.05) is 6.61 Å². The quantitative estimate of drug-likeness (QED) is 0.684. The van der Waals surface area contributed by atoms with E-state index in [2.05, 4.69) is 15.4 Å². The molecule has 0 unspecified atom stereocenters. The Bertz CT molecular complexity index is 340. The van der Waals surface area contributed by atoms with E-state index in [4.69, 9.17) is 4.74 Å². The highest BCUT2D eigenvalue weighted by atomic mass is 16.5. The van der Waals surface area contributed by atoms with E-state index in [0.29, 0.717) is 18.9 Å². The minimum atomic E-state index is -0.293. The third kappa shape index (κ3) is 3.65. The molecule has 1 rings (SSSR count). The van der Waals surface area contributed by atoms with E-state index in [1.807, 2.05) is 20.8 Å². The van der Waals surface area contributed by atoms with E-state index >= 15 is 0 Å². The Labute approximate surface area is 88.6 Å². The molecular formula is C9H16N4O2. The monoisotopic (exact) mass is 212 g/mol. The summed E-state index contributed by atoms with van der Waals surface area (Å²) in [4.78, 5) is 12.1. The van der Waals surface area contributed by atoms with Crippen molar-refractivity contribution in [2.24, 2.45) is 0 Å². The van der Waals surface area contributed by atoms with Gasteiger partial charge in [0.25, 0.3) is 0 Å². The number of esters is 1. The minimum Gasteiger partial charge on any atom is -0.465 e. The van der Waals surface area contributed by atoms with Gasteiger partial charge in [-0.2, -0.15) is 4.80 Å². The van der Waals surface area contributed by atoms with Gasteiger partial charge in [0.15, 0.2) is 5.82 Å². The van der Waals surface area contributed by atoms with Crippen LogP contribution in [0.4, 0.5) is 0 Å². The minimum absolute atomic E-state index is 0.174. The van der Waals surface area contributed by atoms with Crippen LogP contribution >= 0.6 is 0 Å². The van der Waals surface area contributed by atoms with Gasteiger partial charge in [-0.1, -0.05) is 0 Å². The number of tetrazole rings is 1. The number of ether oxygens (including phenoxy) is 1.